The molecule has 0 bridgehead atoms. The largest absolute Gasteiger partial charge is 0.394 e. The first-order valence-corrected chi connectivity index (χ1v) is 6.77. The Morgan fingerprint density at radius 2 is 1.16 bits per heavy atom. The van der Waals surface area contributed by atoms with Gasteiger partial charge in [0.2, 0.25) is 0 Å². The average Bonchev–Trinajstić information content (AvgIpc) is 2.44. The van der Waals surface area contributed by atoms with E-state index in [0.29, 0.717) is 39.6 Å². The molecule has 0 spiro atoms. The van der Waals surface area contributed by atoms with Crippen LogP contribution < -0.4 is 0 Å². The summed E-state index contributed by atoms with van der Waals surface area (Å²) in [5.74, 6) is 0. The third-order valence-corrected chi connectivity index (χ3v) is 1.92. The van der Waals surface area contributed by atoms with Crippen molar-refractivity contribution in [2.24, 2.45) is 0 Å². The number of ether oxygens (including phenoxy) is 4. The Morgan fingerprint density at radius 3 is 1.58 bits per heavy atom. The van der Waals surface area contributed by atoms with Crippen LogP contribution in [-0.4, -0.2) is 76.8 Å². The highest BCUT2D eigenvalue weighted by Crippen LogP contribution is 1.87. The van der Waals surface area contributed by atoms with Gasteiger partial charge >= 0.3 is 0 Å². The van der Waals surface area contributed by atoms with Crippen LogP contribution in [0.2, 0.25) is 0 Å². The Hall–Kier alpha value is -0.240. The van der Waals surface area contributed by atoms with Gasteiger partial charge in [-0.25, -0.2) is 0 Å². The fourth-order valence-electron chi connectivity index (χ4n) is 0.942. The van der Waals surface area contributed by atoms with Gasteiger partial charge in [0.05, 0.1) is 52.9 Å². The fourth-order valence-corrected chi connectivity index (χ4v) is 0.942. The Labute approximate surface area is 116 Å². The molecule has 0 aliphatic rings. The van der Waals surface area contributed by atoms with Crippen molar-refractivity contribution in [2.45, 2.75) is 19.8 Å². The number of aliphatic hydroxyl groups is 2. The molecule has 0 aliphatic heterocycles. The minimum absolute atomic E-state index is 0.0870. The summed E-state index contributed by atoms with van der Waals surface area (Å²) in [6.07, 6.45) is 2.28. The predicted octanol–water partition coefficient (Wildman–Crippen LogP) is 0.454. The molecule has 0 unspecified atom stereocenters. The lowest BCUT2D eigenvalue weighted by molar-refractivity contribution is 0.0324. The van der Waals surface area contributed by atoms with E-state index in [1.165, 1.54) is 0 Å². The highest BCUT2D eigenvalue weighted by molar-refractivity contribution is 4.33. The van der Waals surface area contributed by atoms with Gasteiger partial charge in [0.1, 0.15) is 0 Å². The molecule has 6 nitrogen and oxygen atoms in total. The zero-order valence-electron chi connectivity index (χ0n) is 12.3. The molecule has 0 radical (unpaired) electrons. The molecule has 0 saturated heterocycles. The van der Waals surface area contributed by atoms with E-state index in [1.54, 1.807) is 7.11 Å². The molecule has 2 N–H and O–H groups in total. The van der Waals surface area contributed by atoms with E-state index in [9.17, 15) is 0 Å². The number of hydrogen-bond acceptors (Lipinski definition) is 6. The molecule has 19 heavy (non-hydrogen) atoms. The van der Waals surface area contributed by atoms with Crippen molar-refractivity contribution in [3.05, 3.63) is 0 Å². The summed E-state index contributed by atoms with van der Waals surface area (Å²) in [6, 6.07) is 0. The first-order chi connectivity index (χ1) is 9.33. The van der Waals surface area contributed by atoms with E-state index in [-0.39, 0.29) is 13.2 Å². The van der Waals surface area contributed by atoms with Gasteiger partial charge in [-0.2, -0.15) is 0 Å². The van der Waals surface area contributed by atoms with Crippen LogP contribution in [0.4, 0.5) is 0 Å². The Morgan fingerprint density at radius 1 is 0.684 bits per heavy atom. The van der Waals surface area contributed by atoms with Gasteiger partial charge in [0.15, 0.2) is 0 Å². The fraction of sp³-hybridized carbons (Fsp3) is 1.00. The number of aliphatic hydroxyl groups excluding tert-OH is 2. The van der Waals surface area contributed by atoms with E-state index in [0.717, 1.165) is 19.4 Å². The third-order valence-electron chi connectivity index (χ3n) is 1.92. The Balaban J connectivity index is 0. The first kappa shape index (κ1) is 21.1. The van der Waals surface area contributed by atoms with Gasteiger partial charge < -0.3 is 29.2 Å². The normalized spacial score (nSPS) is 10.1. The summed E-state index contributed by atoms with van der Waals surface area (Å²) in [7, 11) is 1.61. The van der Waals surface area contributed by atoms with Gasteiger partial charge in [0.25, 0.3) is 0 Å². The monoisotopic (exact) mass is 282 g/mol. The predicted molar refractivity (Wildman–Crippen MR) is 73.4 cm³/mol. The molecule has 0 aliphatic carbocycles. The van der Waals surface area contributed by atoms with E-state index >= 15 is 0 Å². The molecule has 0 rings (SSSR count). The van der Waals surface area contributed by atoms with Crippen LogP contribution in [0.1, 0.15) is 19.8 Å². The van der Waals surface area contributed by atoms with Gasteiger partial charge in [-0.3, -0.25) is 0 Å². The van der Waals surface area contributed by atoms with Crippen molar-refractivity contribution < 1.29 is 29.2 Å². The van der Waals surface area contributed by atoms with Crippen LogP contribution in [-0.2, 0) is 18.9 Å². The number of unbranched alkanes of at least 4 members (excludes halogenated alkanes) is 1. The average molecular weight is 282 g/mol. The second kappa shape index (κ2) is 22.9. The molecule has 6 heteroatoms. The van der Waals surface area contributed by atoms with Crippen molar-refractivity contribution >= 4 is 0 Å². The van der Waals surface area contributed by atoms with Crippen LogP contribution in [0.25, 0.3) is 0 Å². The van der Waals surface area contributed by atoms with E-state index in [1.807, 2.05) is 0 Å². The summed E-state index contributed by atoms with van der Waals surface area (Å²) >= 11 is 0. The SMILES string of the molecule is CCCCOCCOCCO.COCCOCCO. The summed E-state index contributed by atoms with van der Waals surface area (Å²) < 4.78 is 19.7. The topological polar surface area (TPSA) is 77.4 Å². The molecular formula is C13H30O6. The van der Waals surface area contributed by atoms with Crippen molar-refractivity contribution in [3.63, 3.8) is 0 Å². The minimum Gasteiger partial charge on any atom is -0.394 e. The number of methoxy groups -OCH3 is 1. The highest BCUT2D eigenvalue weighted by atomic mass is 16.5. The second-order valence-corrected chi connectivity index (χ2v) is 3.63. The zero-order valence-corrected chi connectivity index (χ0v) is 12.3. The molecule has 0 amide bonds. The smallest absolute Gasteiger partial charge is 0.0701 e. The summed E-state index contributed by atoms with van der Waals surface area (Å²) in [4.78, 5) is 0. The molecule has 0 aromatic rings. The van der Waals surface area contributed by atoms with E-state index in [4.69, 9.17) is 24.4 Å². The molecule has 0 aromatic carbocycles. The van der Waals surface area contributed by atoms with Crippen LogP contribution in [0.15, 0.2) is 0 Å². The van der Waals surface area contributed by atoms with Crippen molar-refractivity contribution in [1.29, 1.82) is 0 Å². The standard InChI is InChI=1S/C8H18O3.C5H12O3/c1-2-3-5-10-7-8-11-6-4-9;1-7-4-5-8-3-2-6/h9H,2-8H2,1H3;6H,2-5H2,1H3. The minimum atomic E-state index is 0.0870. The van der Waals surface area contributed by atoms with Gasteiger partial charge in [0, 0.05) is 13.7 Å². The van der Waals surface area contributed by atoms with Crippen LogP contribution in [0.5, 0.6) is 0 Å². The van der Waals surface area contributed by atoms with Gasteiger partial charge in [-0.15, -0.1) is 0 Å². The number of hydrogen-bond donors (Lipinski definition) is 2. The van der Waals surface area contributed by atoms with Crippen molar-refractivity contribution in [1.82, 2.24) is 0 Å². The number of rotatable bonds is 13. The maximum Gasteiger partial charge on any atom is 0.0701 e. The third kappa shape index (κ3) is 27.1. The maximum absolute atomic E-state index is 8.34. The molecule has 0 fully saturated rings. The lowest BCUT2D eigenvalue weighted by Gasteiger charge is -2.02. The van der Waals surface area contributed by atoms with Crippen LogP contribution in [0, 0.1) is 0 Å². The lowest BCUT2D eigenvalue weighted by Crippen LogP contribution is -2.07. The van der Waals surface area contributed by atoms with Crippen molar-refractivity contribution in [3.8, 4) is 0 Å². The maximum atomic E-state index is 8.34. The quantitative estimate of drug-likeness (QED) is 0.478. The summed E-state index contributed by atoms with van der Waals surface area (Å²) in [5, 5.41) is 16.5. The van der Waals surface area contributed by atoms with Crippen LogP contribution in [0.3, 0.4) is 0 Å². The molecule has 118 valence electrons. The Kier molecular flexibility index (Phi) is 25.4. The molecule has 0 atom stereocenters. The molecule has 0 heterocycles. The first-order valence-electron chi connectivity index (χ1n) is 6.77. The molecular weight excluding hydrogens is 252 g/mol. The van der Waals surface area contributed by atoms with E-state index < -0.39 is 0 Å². The zero-order chi connectivity index (χ0) is 14.6. The van der Waals surface area contributed by atoms with Crippen molar-refractivity contribution in [2.75, 3.05) is 66.6 Å². The second-order valence-electron chi connectivity index (χ2n) is 3.63. The summed E-state index contributed by atoms with van der Waals surface area (Å²) in [5.41, 5.74) is 0. The lowest BCUT2D eigenvalue weighted by atomic mass is 10.4. The summed E-state index contributed by atoms with van der Waals surface area (Å²) in [6.45, 7) is 6.34. The highest BCUT2D eigenvalue weighted by Gasteiger charge is 1.87. The molecule has 0 aromatic heterocycles. The van der Waals surface area contributed by atoms with Gasteiger partial charge in [-0.05, 0) is 6.42 Å². The van der Waals surface area contributed by atoms with E-state index in [2.05, 4.69) is 11.7 Å². The molecule has 0 saturated carbocycles. The van der Waals surface area contributed by atoms with Crippen LogP contribution >= 0.6 is 0 Å². The van der Waals surface area contributed by atoms with Gasteiger partial charge in [-0.1, -0.05) is 13.3 Å². The Bertz CT molecular complexity index is 120.